The lowest BCUT2D eigenvalue weighted by atomic mass is 10.0. The highest BCUT2D eigenvalue weighted by atomic mass is 16.5. The summed E-state index contributed by atoms with van der Waals surface area (Å²) in [6.45, 7) is 5.73. The molecule has 3 rings (SSSR count). The van der Waals surface area contributed by atoms with Crippen LogP contribution in [-0.4, -0.2) is 27.7 Å². The Bertz CT molecular complexity index is 1020. The van der Waals surface area contributed by atoms with Gasteiger partial charge in [-0.15, -0.1) is 0 Å². The van der Waals surface area contributed by atoms with Crippen LogP contribution in [0.3, 0.4) is 0 Å². The van der Waals surface area contributed by atoms with E-state index in [4.69, 9.17) is 9.15 Å². The van der Waals surface area contributed by atoms with Crippen molar-refractivity contribution in [1.29, 1.82) is 0 Å². The lowest BCUT2D eigenvalue weighted by Crippen LogP contribution is -3.09. The topological polar surface area (TPSA) is 60.5 Å². The normalized spacial score (nSPS) is 12.5. The minimum atomic E-state index is -0.293. The number of aryl methyl sites for hydroxylation is 2. The Kier molecular flexibility index (Phi) is 6.17. The summed E-state index contributed by atoms with van der Waals surface area (Å²) in [5.74, 6) is 0.916. The van der Waals surface area contributed by atoms with Crippen molar-refractivity contribution in [2.75, 3.05) is 27.7 Å². The maximum atomic E-state index is 12.0. The van der Waals surface area contributed by atoms with Crippen molar-refractivity contribution in [2.45, 2.75) is 26.4 Å². The molecule has 3 N–H and O–H groups in total. The van der Waals surface area contributed by atoms with Gasteiger partial charge in [0.2, 0.25) is 0 Å². The van der Waals surface area contributed by atoms with Crippen LogP contribution in [0.2, 0.25) is 0 Å². The molecule has 1 heterocycles. The number of nitrogens with two attached hydrogens (primary N) is 1. The van der Waals surface area contributed by atoms with E-state index in [0.29, 0.717) is 5.58 Å². The van der Waals surface area contributed by atoms with Crippen LogP contribution < -0.4 is 20.6 Å². The van der Waals surface area contributed by atoms with Gasteiger partial charge in [-0.3, -0.25) is 0 Å². The number of fused-ring (bicyclic) bond motifs is 1. The van der Waals surface area contributed by atoms with Gasteiger partial charge >= 0.3 is 5.63 Å². The van der Waals surface area contributed by atoms with Gasteiger partial charge in [0.15, 0.2) is 6.04 Å². The Balaban J connectivity index is 1.83. The van der Waals surface area contributed by atoms with Gasteiger partial charge in [-0.2, -0.15) is 0 Å². The maximum absolute atomic E-state index is 12.0. The van der Waals surface area contributed by atoms with Crippen LogP contribution in [0.1, 0.15) is 28.3 Å². The minimum absolute atomic E-state index is 0.284. The fraction of sp³-hybridized carbons (Fsp3) is 0.348. The highest BCUT2D eigenvalue weighted by Crippen LogP contribution is 2.23. The first-order valence-electron chi connectivity index (χ1n) is 9.69. The Morgan fingerprint density at radius 1 is 1.11 bits per heavy atom. The van der Waals surface area contributed by atoms with Gasteiger partial charge in [0.1, 0.15) is 24.4 Å². The Hall–Kier alpha value is -2.63. The van der Waals surface area contributed by atoms with Crippen molar-refractivity contribution in [3.63, 3.8) is 0 Å². The molecule has 2 aromatic carbocycles. The second-order valence-electron chi connectivity index (χ2n) is 7.62. The molecule has 3 aromatic rings. The molecule has 148 valence electrons. The average Bonchev–Trinajstić information content (AvgIpc) is 2.66. The summed E-state index contributed by atoms with van der Waals surface area (Å²) in [7, 11) is 6.03. The molecular formula is C23H30N2O3+2. The molecular weight excluding hydrogens is 352 g/mol. The van der Waals surface area contributed by atoms with Crippen LogP contribution in [-0.2, 0) is 6.54 Å². The fourth-order valence-electron chi connectivity index (χ4n) is 3.69. The molecule has 0 fully saturated rings. The molecule has 0 saturated heterocycles. The molecule has 5 nitrogen and oxygen atoms in total. The van der Waals surface area contributed by atoms with E-state index >= 15 is 0 Å². The van der Waals surface area contributed by atoms with E-state index in [1.807, 2.05) is 25.1 Å². The van der Waals surface area contributed by atoms with Gasteiger partial charge < -0.3 is 19.4 Å². The standard InChI is InChI=1S/C23H28N2O3/c1-15-10-19-17(12-23(26)28-22(19)11-16(15)2)13-24-14-20(25(3)4)18-8-6-7-9-21(18)27-5/h6-12,20,24H,13-14H2,1-5H3/p+2/t20-/m0/s1. The van der Waals surface area contributed by atoms with Gasteiger partial charge in [0.25, 0.3) is 0 Å². The minimum Gasteiger partial charge on any atom is -0.496 e. The van der Waals surface area contributed by atoms with Crippen molar-refractivity contribution < 1.29 is 19.4 Å². The Morgan fingerprint density at radius 3 is 2.54 bits per heavy atom. The third kappa shape index (κ3) is 4.26. The largest absolute Gasteiger partial charge is 0.496 e. The summed E-state index contributed by atoms with van der Waals surface area (Å²) in [5, 5.41) is 3.28. The van der Waals surface area contributed by atoms with E-state index in [9.17, 15) is 4.79 Å². The first-order valence-corrected chi connectivity index (χ1v) is 9.69. The number of methoxy groups -OCH3 is 1. The second kappa shape index (κ2) is 8.59. The lowest BCUT2D eigenvalue weighted by Gasteiger charge is -2.22. The summed E-state index contributed by atoms with van der Waals surface area (Å²) in [4.78, 5) is 13.3. The van der Waals surface area contributed by atoms with E-state index in [-0.39, 0.29) is 11.7 Å². The van der Waals surface area contributed by atoms with Gasteiger partial charge in [-0.1, -0.05) is 12.1 Å². The zero-order valence-corrected chi connectivity index (χ0v) is 17.3. The van der Waals surface area contributed by atoms with E-state index in [1.165, 1.54) is 16.0 Å². The number of likely N-dealkylation sites (N-methyl/N-ethyl adjacent to an activating group) is 1. The quantitative estimate of drug-likeness (QED) is 0.607. The number of ether oxygens (including phenoxy) is 1. The van der Waals surface area contributed by atoms with Crippen molar-refractivity contribution >= 4 is 11.0 Å². The zero-order valence-electron chi connectivity index (χ0n) is 17.3. The molecule has 0 unspecified atom stereocenters. The highest BCUT2D eigenvalue weighted by molar-refractivity contribution is 5.81. The number of para-hydroxylation sites is 1. The second-order valence-corrected chi connectivity index (χ2v) is 7.62. The van der Waals surface area contributed by atoms with Crippen LogP contribution in [0.5, 0.6) is 5.75 Å². The zero-order chi connectivity index (χ0) is 20.3. The van der Waals surface area contributed by atoms with Crippen molar-refractivity contribution in [3.05, 3.63) is 75.1 Å². The molecule has 1 aromatic heterocycles. The number of benzene rings is 2. The molecule has 0 radical (unpaired) electrons. The number of quaternary nitrogens is 2. The monoisotopic (exact) mass is 382 g/mol. The average molecular weight is 383 g/mol. The molecule has 0 aliphatic carbocycles. The van der Waals surface area contributed by atoms with E-state index in [0.717, 1.165) is 35.4 Å². The molecule has 0 aliphatic rings. The smallest absolute Gasteiger partial charge is 0.336 e. The van der Waals surface area contributed by atoms with Crippen LogP contribution in [0.25, 0.3) is 11.0 Å². The predicted octanol–water partition coefficient (Wildman–Crippen LogP) is 1.37. The molecule has 1 atom stereocenters. The number of hydrogen-bond donors (Lipinski definition) is 2. The summed E-state index contributed by atoms with van der Waals surface area (Å²) < 4.78 is 11.0. The first kappa shape index (κ1) is 20.1. The molecule has 0 bridgehead atoms. The van der Waals surface area contributed by atoms with Gasteiger partial charge in [0.05, 0.1) is 26.8 Å². The summed E-state index contributed by atoms with van der Waals surface area (Å²) in [6, 6.07) is 14.2. The molecule has 0 saturated carbocycles. The third-order valence-electron chi connectivity index (χ3n) is 5.42. The van der Waals surface area contributed by atoms with Crippen molar-refractivity contribution in [2.24, 2.45) is 0 Å². The van der Waals surface area contributed by atoms with E-state index in [1.54, 1.807) is 13.2 Å². The van der Waals surface area contributed by atoms with Crippen molar-refractivity contribution in [1.82, 2.24) is 0 Å². The van der Waals surface area contributed by atoms with Crippen molar-refractivity contribution in [3.8, 4) is 5.75 Å². The summed E-state index contributed by atoms with van der Waals surface area (Å²) >= 11 is 0. The third-order valence-corrected chi connectivity index (χ3v) is 5.42. The van der Waals surface area contributed by atoms with E-state index in [2.05, 4.69) is 44.5 Å². The fourth-order valence-corrected chi connectivity index (χ4v) is 3.69. The van der Waals surface area contributed by atoms with E-state index < -0.39 is 0 Å². The van der Waals surface area contributed by atoms with Gasteiger partial charge in [-0.25, -0.2) is 4.79 Å². The Labute approximate surface area is 165 Å². The first-order chi connectivity index (χ1) is 13.4. The van der Waals surface area contributed by atoms with Crippen LogP contribution in [0.4, 0.5) is 0 Å². The van der Waals surface area contributed by atoms with Crippen LogP contribution >= 0.6 is 0 Å². The maximum Gasteiger partial charge on any atom is 0.336 e. The SMILES string of the molecule is COc1ccccc1[C@H](C[NH2+]Cc1cc(=O)oc2cc(C)c(C)cc12)[NH+](C)C. The molecule has 0 amide bonds. The van der Waals surface area contributed by atoms with Gasteiger partial charge in [-0.05, 0) is 49.2 Å². The Morgan fingerprint density at radius 2 is 1.82 bits per heavy atom. The number of rotatable bonds is 7. The van der Waals surface area contributed by atoms with Crippen LogP contribution in [0.15, 0.2) is 51.7 Å². The van der Waals surface area contributed by atoms with Crippen LogP contribution in [0, 0.1) is 13.8 Å². The predicted molar refractivity (Wildman–Crippen MR) is 111 cm³/mol. The molecule has 0 aliphatic heterocycles. The van der Waals surface area contributed by atoms with Gasteiger partial charge in [0, 0.05) is 17.0 Å². The number of nitrogens with one attached hydrogen (secondary N) is 1. The summed E-state index contributed by atoms with van der Waals surface area (Å²) in [6.07, 6.45) is 0. The summed E-state index contributed by atoms with van der Waals surface area (Å²) in [5.41, 5.74) is 4.92. The molecule has 0 spiro atoms. The highest BCUT2D eigenvalue weighted by Gasteiger charge is 2.23. The molecule has 5 heteroatoms. The molecule has 28 heavy (non-hydrogen) atoms. The number of hydrogen-bond acceptors (Lipinski definition) is 3. The lowest BCUT2D eigenvalue weighted by molar-refractivity contribution is -0.910.